The van der Waals surface area contributed by atoms with Crippen LogP contribution in [-0.2, 0) is 14.4 Å². The van der Waals surface area contributed by atoms with E-state index in [2.05, 4.69) is 0 Å². The second-order valence-electron chi connectivity index (χ2n) is 5.39. The number of fused-ring (bicyclic) bond motifs is 1. The van der Waals surface area contributed by atoms with Crippen molar-refractivity contribution < 1.29 is 19.5 Å². The maximum absolute atomic E-state index is 12.3. The van der Waals surface area contributed by atoms with Gasteiger partial charge in [-0.05, 0) is 20.5 Å². The van der Waals surface area contributed by atoms with E-state index < -0.39 is 35.7 Å². The molecule has 2 aliphatic carbocycles. The van der Waals surface area contributed by atoms with Gasteiger partial charge in [0.05, 0.1) is 17.7 Å². The zero-order chi connectivity index (χ0) is 14.3. The minimum atomic E-state index is -0.817. The van der Waals surface area contributed by atoms with Gasteiger partial charge in [-0.15, -0.1) is 0 Å². The largest absolute Gasteiger partial charge is 0.393 e. The van der Waals surface area contributed by atoms with Crippen LogP contribution < -0.4 is 5.73 Å². The van der Waals surface area contributed by atoms with Crippen LogP contribution >= 0.6 is 0 Å². The molecular formula is C13H18N2O4. The maximum atomic E-state index is 12.3. The predicted molar refractivity (Wildman–Crippen MR) is 67.0 cm³/mol. The molecule has 1 amide bonds. The van der Waals surface area contributed by atoms with Crippen LogP contribution in [0.25, 0.3) is 0 Å². The minimum absolute atomic E-state index is 0.0478. The molecule has 6 heteroatoms. The Balaban J connectivity index is 2.51. The summed E-state index contributed by atoms with van der Waals surface area (Å²) in [5, 5.41) is 10.1. The highest BCUT2D eigenvalue weighted by molar-refractivity contribution is 6.22. The molecule has 3 N–H and O–H groups in total. The smallest absolute Gasteiger partial charge is 0.252 e. The van der Waals surface area contributed by atoms with Crippen molar-refractivity contribution in [3.05, 3.63) is 11.6 Å². The van der Waals surface area contributed by atoms with Crippen molar-refractivity contribution in [2.45, 2.75) is 25.0 Å². The second kappa shape index (κ2) is 4.86. The van der Waals surface area contributed by atoms with Gasteiger partial charge in [-0.1, -0.05) is 6.08 Å². The number of nitrogens with zero attached hydrogens (tertiary/aromatic N) is 1. The van der Waals surface area contributed by atoms with Crippen LogP contribution in [-0.4, -0.2) is 53.7 Å². The molecule has 0 spiro atoms. The number of carbonyl (C=O) groups is 3. The van der Waals surface area contributed by atoms with E-state index in [1.54, 1.807) is 19.0 Å². The fraction of sp³-hybridized carbons (Fsp3) is 0.615. The number of primary amides is 1. The van der Waals surface area contributed by atoms with Gasteiger partial charge in [0.15, 0.2) is 5.78 Å². The third-order valence-corrected chi connectivity index (χ3v) is 3.98. The van der Waals surface area contributed by atoms with E-state index in [1.807, 2.05) is 0 Å². The molecule has 4 atom stereocenters. The Kier molecular flexibility index (Phi) is 3.56. The third kappa shape index (κ3) is 2.21. The fourth-order valence-corrected chi connectivity index (χ4v) is 3.09. The Morgan fingerprint density at radius 3 is 2.58 bits per heavy atom. The molecule has 1 fully saturated rings. The number of aliphatic hydroxyl groups excluding tert-OH is 1. The van der Waals surface area contributed by atoms with Gasteiger partial charge < -0.3 is 10.8 Å². The Morgan fingerprint density at radius 1 is 1.42 bits per heavy atom. The summed E-state index contributed by atoms with van der Waals surface area (Å²) in [4.78, 5) is 37.2. The predicted octanol–water partition coefficient (Wildman–Crippen LogP) is -1.13. The van der Waals surface area contributed by atoms with Crippen molar-refractivity contribution in [1.82, 2.24) is 4.90 Å². The molecule has 0 saturated heterocycles. The molecule has 0 heterocycles. The van der Waals surface area contributed by atoms with Crippen LogP contribution in [0.5, 0.6) is 0 Å². The summed E-state index contributed by atoms with van der Waals surface area (Å²) < 4.78 is 0. The molecular weight excluding hydrogens is 248 g/mol. The molecule has 0 aromatic rings. The van der Waals surface area contributed by atoms with Crippen LogP contribution in [0.3, 0.4) is 0 Å². The van der Waals surface area contributed by atoms with Gasteiger partial charge in [0.25, 0.3) is 5.91 Å². The number of aliphatic hydroxyl groups is 1. The summed E-state index contributed by atoms with van der Waals surface area (Å²) in [6.45, 7) is 0. The van der Waals surface area contributed by atoms with Crippen molar-refractivity contribution in [2.24, 2.45) is 17.6 Å². The quantitative estimate of drug-likeness (QED) is 0.616. The summed E-state index contributed by atoms with van der Waals surface area (Å²) in [5.74, 6) is -2.37. The Hall–Kier alpha value is -1.53. The topological polar surface area (TPSA) is 101 Å². The molecule has 104 valence electrons. The first-order valence-electron chi connectivity index (χ1n) is 6.27. The van der Waals surface area contributed by atoms with Crippen molar-refractivity contribution in [3.63, 3.8) is 0 Å². The SMILES string of the molecule is CN(C)C1C(=O)C(C(N)=O)=CC2C(=O)CCC(O)C21. The monoisotopic (exact) mass is 266 g/mol. The average molecular weight is 266 g/mol. The van der Waals surface area contributed by atoms with Gasteiger partial charge in [-0.2, -0.15) is 0 Å². The number of nitrogens with two attached hydrogens (primary N) is 1. The van der Waals surface area contributed by atoms with Gasteiger partial charge in [-0.3, -0.25) is 19.3 Å². The number of likely N-dealkylation sites (N-methyl/N-ethyl adjacent to an activating group) is 1. The van der Waals surface area contributed by atoms with Crippen molar-refractivity contribution in [1.29, 1.82) is 0 Å². The van der Waals surface area contributed by atoms with Crippen LogP contribution in [0.4, 0.5) is 0 Å². The van der Waals surface area contributed by atoms with Crippen LogP contribution in [0.1, 0.15) is 12.8 Å². The Bertz CT molecular complexity index is 469. The van der Waals surface area contributed by atoms with E-state index in [4.69, 9.17) is 5.73 Å². The van der Waals surface area contributed by atoms with Crippen molar-refractivity contribution in [3.8, 4) is 0 Å². The average Bonchev–Trinajstić information content (AvgIpc) is 2.32. The van der Waals surface area contributed by atoms with Gasteiger partial charge >= 0.3 is 0 Å². The molecule has 4 unspecified atom stereocenters. The highest BCUT2D eigenvalue weighted by Gasteiger charge is 2.49. The number of rotatable bonds is 2. The van der Waals surface area contributed by atoms with Crippen LogP contribution in [0.15, 0.2) is 11.6 Å². The van der Waals surface area contributed by atoms with E-state index in [0.717, 1.165) is 0 Å². The molecule has 0 radical (unpaired) electrons. The van der Waals surface area contributed by atoms with Crippen molar-refractivity contribution in [2.75, 3.05) is 14.1 Å². The lowest BCUT2D eigenvalue weighted by molar-refractivity contribution is -0.137. The lowest BCUT2D eigenvalue weighted by atomic mass is 9.66. The Labute approximate surface area is 111 Å². The van der Waals surface area contributed by atoms with Crippen molar-refractivity contribution >= 4 is 17.5 Å². The molecule has 6 nitrogen and oxygen atoms in total. The normalized spacial score (nSPS) is 35.1. The third-order valence-electron chi connectivity index (χ3n) is 3.98. The summed E-state index contributed by atoms with van der Waals surface area (Å²) in [6.07, 6.45) is 1.25. The van der Waals surface area contributed by atoms with Crippen LogP contribution in [0, 0.1) is 11.8 Å². The summed E-state index contributed by atoms with van der Waals surface area (Å²) >= 11 is 0. The maximum Gasteiger partial charge on any atom is 0.252 e. The van der Waals surface area contributed by atoms with E-state index >= 15 is 0 Å². The highest BCUT2D eigenvalue weighted by atomic mass is 16.3. The molecule has 0 aromatic carbocycles. The molecule has 0 aliphatic heterocycles. The van der Waals surface area contributed by atoms with E-state index in [9.17, 15) is 19.5 Å². The first-order chi connectivity index (χ1) is 8.84. The number of hydrogen-bond acceptors (Lipinski definition) is 5. The minimum Gasteiger partial charge on any atom is -0.393 e. The zero-order valence-corrected chi connectivity index (χ0v) is 11.0. The fourth-order valence-electron chi connectivity index (χ4n) is 3.09. The summed E-state index contributed by atoms with van der Waals surface area (Å²) in [5.41, 5.74) is 5.08. The van der Waals surface area contributed by atoms with E-state index in [0.29, 0.717) is 6.42 Å². The highest BCUT2D eigenvalue weighted by Crippen LogP contribution is 2.38. The number of Topliss-reactive ketones (excluding diaryl/α,β-unsaturated/α-hetero) is 2. The van der Waals surface area contributed by atoms with Gasteiger partial charge in [0.1, 0.15) is 5.78 Å². The van der Waals surface area contributed by atoms with Gasteiger partial charge in [0.2, 0.25) is 0 Å². The molecule has 2 aliphatic rings. The Morgan fingerprint density at radius 2 is 2.05 bits per heavy atom. The van der Waals surface area contributed by atoms with Crippen LogP contribution in [0.2, 0.25) is 0 Å². The molecule has 0 bridgehead atoms. The summed E-state index contributed by atoms with van der Waals surface area (Å²) in [6, 6.07) is -0.684. The van der Waals surface area contributed by atoms with E-state index in [1.165, 1.54) is 6.08 Å². The lowest BCUT2D eigenvalue weighted by Gasteiger charge is -2.43. The molecule has 0 aromatic heterocycles. The number of amides is 1. The first-order valence-corrected chi connectivity index (χ1v) is 6.27. The molecule has 19 heavy (non-hydrogen) atoms. The zero-order valence-electron chi connectivity index (χ0n) is 11.0. The second-order valence-corrected chi connectivity index (χ2v) is 5.39. The molecule has 1 saturated carbocycles. The first kappa shape index (κ1) is 13.9. The van der Waals surface area contributed by atoms with Gasteiger partial charge in [-0.25, -0.2) is 0 Å². The standard InChI is InChI=1S/C13H18N2O4/c1-15(2)11-10-6(8(16)3-4-9(10)17)5-7(12(11)18)13(14)19/h5-6,9-11,17H,3-4H2,1-2H3,(H2,14,19). The number of allylic oxidation sites excluding steroid dienone is 1. The number of carbonyl (C=O) groups excluding carboxylic acids is 3. The number of hydrogen-bond donors (Lipinski definition) is 2. The number of ketones is 2. The van der Waals surface area contributed by atoms with E-state index in [-0.39, 0.29) is 17.8 Å². The van der Waals surface area contributed by atoms with Gasteiger partial charge in [0, 0.05) is 18.3 Å². The summed E-state index contributed by atoms with van der Waals surface area (Å²) in [7, 11) is 3.38. The lowest BCUT2D eigenvalue weighted by Crippen LogP contribution is -2.56. The molecule has 2 rings (SSSR count).